The number of carbonyl (C=O) groups is 1. The van der Waals surface area contributed by atoms with Crippen LogP contribution in [0, 0.1) is 3.57 Å². The van der Waals surface area contributed by atoms with Crippen molar-refractivity contribution in [2.45, 2.75) is 18.6 Å². The highest BCUT2D eigenvalue weighted by atomic mass is 127. The molecule has 0 saturated carbocycles. The molecule has 0 radical (unpaired) electrons. The van der Waals surface area contributed by atoms with Crippen LogP contribution in [0.3, 0.4) is 0 Å². The van der Waals surface area contributed by atoms with Crippen LogP contribution in [0.4, 0.5) is 5.69 Å². The number of nitrogens with one attached hydrogen (secondary N) is 1. The van der Waals surface area contributed by atoms with Gasteiger partial charge in [-0.15, -0.1) is 10.2 Å². The summed E-state index contributed by atoms with van der Waals surface area (Å²) < 4.78 is 3.07. The van der Waals surface area contributed by atoms with Gasteiger partial charge in [-0.1, -0.05) is 29.4 Å². The molecule has 0 saturated heterocycles. The molecule has 0 aliphatic rings. The zero-order valence-electron chi connectivity index (χ0n) is 13.9. The summed E-state index contributed by atoms with van der Waals surface area (Å²) >= 11 is 9.53. The minimum Gasteiger partial charge on any atom is -0.325 e. The van der Waals surface area contributed by atoms with Crippen molar-refractivity contribution in [1.82, 2.24) is 14.8 Å². The first-order chi connectivity index (χ1) is 12.6. The number of aromatic nitrogens is 3. The van der Waals surface area contributed by atoms with Crippen LogP contribution in [0.1, 0.15) is 6.92 Å². The number of hydrogen-bond acceptors (Lipinski definition) is 4. The third-order valence-corrected chi connectivity index (χ3v) is 5.47. The van der Waals surface area contributed by atoms with Gasteiger partial charge in [0.1, 0.15) is 0 Å². The normalized spacial score (nSPS) is 10.7. The zero-order chi connectivity index (χ0) is 18.5. The molecule has 0 bridgehead atoms. The van der Waals surface area contributed by atoms with E-state index >= 15 is 0 Å². The van der Waals surface area contributed by atoms with Gasteiger partial charge in [-0.3, -0.25) is 4.79 Å². The number of nitrogens with zero attached hydrogens (tertiary/aromatic N) is 3. The molecule has 2 aromatic carbocycles. The van der Waals surface area contributed by atoms with Crippen LogP contribution >= 0.6 is 46.0 Å². The number of halogens is 2. The van der Waals surface area contributed by atoms with E-state index in [0.717, 1.165) is 25.8 Å². The van der Waals surface area contributed by atoms with Crippen molar-refractivity contribution in [3.8, 4) is 11.4 Å². The molecule has 0 aliphatic heterocycles. The Morgan fingerprint density at radius 1 is 1.23 bits per heavy atom. The Hall–Kier alpha value is -1.58. The minimum absolute atomic E-state index is 0.0734. The summed E-state index contributed by atoms with van der Waals surface area (Å²) in [7, 11) is 0. The number of thioether (sulfide) groups is 1. The van der Waals surface area contributed by atoms with Crippen molar-refractivity contribution >= 4 is 57.5 Å². The van der Waals surface area contributed by atoms with E-state index < -0.39 is 0 Å². The lowest BCUT2D eigenvalue weighted by molar-refractivity contribution is -0.113. The predicted molar refractivity (Wildman–Crippen MR) is 115 cm³/mol. The summed E-state index contributed by atoms with van der Waals surface area (Å²) in [5.74, 6) is 0.963. The Kier molecular flexibility index (Phi) is 6.55. The van der Waals surface area contributed by atoms with Crippen LogP contribution in [0.15, 0.2) is 53.7 Å². The van der Waals surface area contributed by atoms with Crippen molar-refractivity contribution in [3.63, 3.8) is 0 Å². The molecule has 3 rings (SSSR count). The summed E-state index contributed by atoms with van der Waals surface area (Å²) in [6.07, 6.45) is 0. The lowest BCUT2D eigenvalue weighted by Gasteiger charge is -2.08. The van der Waals surface area contributed by atoms with Crippen LogP contribution in [0.2, 0.25) is 5.02 Å². The molecule has 8 heteroatoms. The molecule has 3 aromatic rings. The molecule has 1 N–H and O–H groups in total. The molecule has 0 aliphatic carbocycles. The van der Waals surface area contributed by atoms with E-state index in [2.05, 4.69) is 38.1 Å². The second-order valence-electron chi connectivity index (χ2n) is 5.40. The maximum Gasteiger partial charge on any atom is 0.234 e. The van der Waals surface area contributed by atoms with Crippen LogP contribution in [-0.2, 0) is 11.3 Å². The molecule has 5 nitrogen and oxygen atoms in total. The summed E-state index contributed by atoms with van der Waals surface area (Å²) in [5, 5.41) is 12.8. The largest absolute Gasteiger partial charge is 0.325 e. The van der Waals surface area contributed by atoms with Crippen molar-refractivity contribution in [2.75, 3.05) is 11.1 Å². The number of anilines is 1. The highest BCUT2D eigenvalue weighted by molar-refractivity contribution is 14.1. The lowest BCUT2D eigenvalue weighted by atomic mass is 10.2. The number of rotatable bonds is 6. The van der Waals surface area contributed by atoms with E-state index in [-0.39, 0.29) is 11.7 Å². The van der Waals surface area contributed by atoms with E-state index in [0.29, 0.717) is 11.6 Å². The predicted octanol–water partition coefficient (Wildman–Crippen LogP) is 4.95. The monoisotopic (exact) mass is 498 g/mol. The number of amides is 1. The Morgan fingerprint density at radius 3 is 2.69 bits per heavy atom. The van der Waals surface area contributed by atoms with Crippen molar-refractivity contribution < 1.29 is 4.79 Å². The fourth-order valence-corrected chi connectivity index (χ4v) is 3.86. The van der Waals surface area contributed by atoms with Gasteiger partial charge in [0.25, 0.3) is 0 Å². The fourth-order valence-electron chi connectivity index (χ4n) is 2.39. The molecule has 0 fully saturated rings. The average Bonchev–Trinajstić information content (AvgIpc) is 3.03. The first kappa shape index (κ1) is 19.2. The summed E-state index contributed by atoms with van der Waals surface area (Å²) in [6.45, 7) is 2.74. The molecule has 1 amide bonds. The number of benzene rings is 2. The molecule has 1 aromatic heterocycles. The van der Waals surface area contributed by atoms with Gasteiger partial charge >= 0.3 is 0 Å². The van der Waals surface area contributed by atoms with Gasteiger partial charge in [0.2, 0.25) is 5.91 Å². The highest BCUT2D eigenvalue weighted by Crippen LogP contribution is 2.25. The number of hydrogen-bond donors (Lipinski definition) is 1. The van der Waals surface area contributed by atoms with Crippen molar-refractivity contribution in [2.24, 2.45) is 0 Å². The van der Waals surface area contributed by atoms with Gasteiger partial charge in [0.15, 0.2) is 11.0 Å². The van der Waals surface area contributed by atoms with Crippen molar-refractivity contribution in [3.05, 3.63) is 57.1 Å². The minimum atomic E-state index is -0.0734. The van der Waals surface area contributed by atoms with E-state index in [4.69, 9.17) is 11.6 Å². The molecular weight excluding hydrogens is 483 g/mol. The Morgan fingerprint density at radius 2 is 2.00 bits per heavy atom. The Bertz CT molecular complexity index is 914. The van der Waals surface area contributed by atoms with E-state index in [1.54, 1.807) is 0 Å². The van der Waals surface area contributed by atoms with Crippen molar-refractivity contribution in [1.29, 1.82) is 0 Å². The molecule has 1 heterocycles. The highest BCUT2D eigenvalue weighted by Gasteiger charge is 2.14. The summed E-state index contributed by atoms with van der Waals surface area (Å²) in [5.41, 5.74) is 1.74. The van der Waals surface area contributed by atoms with Gasteiger partial charge in [-0.05, 0) is 72.0 Å². The second-order valence-corrected chi connectivity index (χ2v) is 8.03. The summed E-state index contributed by atoms with van der Waals surface area (Å²) in [6, 6.07) is 15.2. The second kappa shape index (κ2) is 8.88. The summed E-state index contributed by atoms with van der Waals surface area (Å²) in [4.78, 5) is 12.2. The molecule has 134 valence electrons. The quantitative estimate of drug-likeness (QED) is 0.386. The third kappa shape index (κ3) is 4.77. The molecule has 26 heavy (non-hydrogen) atoms. The molecule has 0 spiro atoms. The van der Waals surface area contributed by atoms with E-state index in [1.807, 2.05) is 60.0 Å². The van der Waals surface area contributed by atoms with E-state index in [1.165, 1.54) is 11.8 Å². The first-order valence-electron chi connectivity index (χ1n) is 7.94. The molecular formula is C18H16ClIN4OS. The Balaban J connectivity index is 1.68. The average molecular weight is 499 g/mol. The molecule has 0 unspecified atom stereocenters. The van der Waals surface area contributed by atoms with Gasteiger partial charge in [-0.25, -0.2) is 0 Å². The third-order valence-electron chi connectivity index (χ3n) is 3.58. The van der Waals surface area contributed by atoms with Gasteiger partial charge in [0, 0.05) is 26.4 Å². The number of carbonyl (C=O) groups excluding carboxylic acids is 1. The zero-order valence-corrected chi connectivity index (χ0v) is 17.7. The smallest absolute Gasteiger partial charge is 0.234 e. The first-order valence-corrected chi connectivity index (χ1v) is 10.4. The van der Waals surface area contributed by atoms with Crippen LogP contribution in [-0.4, -0.2) is 26.4 Å². The maximum absolute atomic E-state index is 12.2. The van der Waals surface area contributed by atoms with Gasteiger partial charge in [0.05, 0.1) is 5.75 Å². The maximum atomic E-state index is 12.2. The topological polar surface area (TPSA) is 59.8 Å². The standard InChI is InChI=1S/C18H16ClIN4OS/c1-2-24-17(12-6-8-13(19)9-7-12)22-23-18(24)26-11-16(25)21-15-5-3-4-14(20)10-15/h3-10H,2,11H2,1H3,(H,21,25). The Labute approximate surface area is 174 Å². The van der Waals surface area contributed by atoms with E-state index in [9.17, 15) is 4.79 Å². The van der Waals surface area contributed by atoms with Gasteiger partial charge in [-0.2, -0.15) is 0 Å². The van der Waals surface area contributed by atoms with Crippen LogP contribution in [0.5, 0.6) is 0 Å². The van der Waals surface area contributed by atoms with Gasteiger partial charge < -0.3 is 9.88 Å². The van der Waals surface area contributed by atoms with Crippen LogP contribution < -0.4 is 5.32 Å². The lowest BCUT2D eigenvalue weighted by Crippen LogP contribution is -2.14. The SMILES string of the molecule is CCn1c(SCC(=O)Nc2cccc(I)c2)nnc1-c1ccc(Cl)cc1. The fraction of sp³-hybridized carbons (Fsp3) is 0.167. The van der Waals surface area contributed by atoms with Crippen LogP contribution in [0.25, 0.3) is 11.4 Å². The molecule has 0 atom stereocenters.